The minimum absolute atomic E-state index is 0.0127. The van der Waals surface area contributed by atoms with Crippen molar-refractivity contribution in [1.82, 2.24) is 0 Å². The number of anilines is 1. The van der Waals surface area contributed by atoms with Gasteiger partial charge in [-0.25, -0.2) is 9.69 Å². The fourth-order valence-corrected chi connectivity index (χ4v) is 4.54. The van der Waals surface area contributed by atoms with E-state index in [4.69, 9.17) is 4.74 Å². The predicted molar refractivity (Wildman–Crippen MR) is 133 cm³/mol. The van der Waals surface area contributed by atoms with E-state index in [1.54, 1.807) is 32.9 Å². The number of ketones is 1. The molecule has 4 rings (SSSR count). The van der Waals surface area contributed by atoms with E-state index >= 15 is 0 Å². The van der Waals surface area contributed by atoms with Gasteiger partial charge in [0.1, 0.15) is 16.8 Å². The molecule has 0 spiro atoms. The molecule has 1 heterocycles. The molecule has 0 N–H and O–H groups in total. The lowest BCUT2D eigenvalue weighted by molar-refractivity contribution is -0.122. The van der Waals surface area contributed by atoms with E-state index in [-0.39, 0.29) is 18.6 Å². The van der Waals surface area contributed by atoms with E-state index in [9.17, 15) is 14.4 Å². The summed E-state index contributed by atoms with van der Waals surface area (Å²) in [4.78, 5) is 40.4. The number of para-hydroxylation sites is 1. The lowest BCUT2D eigenvalue weighted by Gasteiger charge is -2.30. The van der Waals surface area contributed by atoms with Crippen molar-refractivity contribution >= 4 is 23.5 Å². The van der Waals surface area contributed by atoms with Gasteiger partial charge in [-0.1, -0.05) is 72.8 Å². The summed E-state index contributed by atoms with van der Waals surface area (Å²) in [6.45, 7) is 6.82. The van der Waals surface area contributed by atoms with Gasteiger partial charge >= 0.3 is 6.09 Å². The third kappa shape index (κ3) is 4.26. The van der Waals surface area contributed by atoms with Crippen LogP contribution in [0.5, 0.6) is 0 Å². The Morgan fingerprint density at radius 1 is 0.853 bits per heavy atom. The minimum Gasteiger partial charge on any atom is -0.443 e. The van der Waals surface area contributed by atoms with Crippen molar-refractivity contribution in [3.8, 4) is 11.1 Å². The standard InChI is InChI=1S/C29H29NO4/c1-20(31)18-19-29(23-16-14-22(15-17-23)21-10-6-5-7-11-21)24-12-8-9-13-25(24)30(26(29)32)27(33)34-28(2,3)4/h5-17H,18-19H2,1-4H3/t29-/m1/s1. The largest absolute Gasteiger partial charge is 0.443 e. The summed E-state index contributed by atoms with van der Waals surface area (Å²) >= 11 is 0. The fraction of sp³-hybridized carbons (Fsp3) is 0.276. The maximum Gasteiger partial charge on any atom is 0.421 e. The van der Waals surface area contributed by atoms with Crippen molar-refractivity contribution in [3.63, 3.8) is 0 Å². The fourth-order valence-electron chi connectivity index (χ4n) is 4.54. The van der Waals surface area contributed by atoms with E-state index in [1.807, 2.05) is 66.7 Å². The molecule has 34 heavy (non-hydrogen) atoms. The Bertz CT molecular complexity index is 1220. The van der Waals surface area contributed by atoms with Crippen LogP contribution in [0.4, 0.5) is 10.5 Å². The molecular formula is C29H29NO4. The highest BCUT2D eigenvalue weighted by Gasteiger charge is 2.54. The van der Waals surface area contributed by atoms with Gasteiger partial charge in [0.15, 0.2) is 0 Å². The van der Waals surface area contributed by atoms with Gasteiger partial charge in [-0.05, 0) is 62.4 Å². The first-order valence-electron chi connectivity index (χ1n) is 11.5. The zero-order valence-electron chi connectivity index (χ0n) is 20.0. The summed E-state index contributed by atoms with van der Waals surface area (Å²) in [5.41, 5.74) is 2.13. The zero-order chi connectivity index (χ0) is 24.5. The summed E-state index contributed by atoms with van der Waals surface area (Å²) in [6.07, 6.45) is -0.235. The van der Waals surface area contributed by atoms with Crippen molar-refractivity contribution < 1.29 is 19.1 Å². The normalized spacial score (nSPS) is 17.4. The number of amides is 2. The molecule has 1 aliphatic rings. The van der Waals surface area contributed by atoms with Crippen LogP contribution in [-0.2, 0) is 19.7 Å². The van der Waals surface area contributed by atoms with Crippen LogP contribution >= 0.6 is 0 Å². The molecule has 0 radical (unpaired) electrons. The first-order chi connectivity index (χ1) is 16.1. The van der Waals surface area contributed by atoms with E-state index in [0.717, 1.165) is 21.6 Å². The molecule has 0 bridgehead atoms. The molecule has 3 aromatic carbocycles. The maximum absolute atomic E-state index is 14.1. The first kappa shape index (κ1) is 23.4. The van der Waals surface area contributed by atoms with Crippen molar-refractivity contribution in [3.05, 3.63) is 90.0 Å². The Kier molecular flexibility index (Phi) is 6.13. The van der Waals surface area contributed by atoms with Gasteiger partial charge in [-0.2, -0.15) is 0 Å². The predicted octanol–water partition coefficient (Wildman–Crippen LogP) is 6.29. The van der Waals surface area contributed by atoms with Gasteiger partial charge < -0.3 is 9.53 Å². The number of benzene rings is 3. The molecule has 5 heteroatoms. The number of nitrogens with zero attached hydrogens (tertiary/aromatic N) is 1. The molecule has 0 aliphatic carbocycles. The number of imide groups is 1. The van der Waals surface area contributed by atoms with Crippen molar-refractivity contribution in [2.45, 2.75) is 51.6 Å². The molecule has 0 unspecified atom stereocenters. The SMILES string of the molecule is CC(=O)CC[C@]1(c2ccc(-c3ccccc3)cc2)C(=O)N(C(=O)OC(C)(C)C)c2ccccc21. The Morgan fingerprint density at radius 3 is 2.06 bits per heavy atom. The molecule has 5 nitrogen and oxygen atoms in total. The van der Waals surface area contributed by atoms with Crippen LogP contribution in [0.15, 0.2) is 78.9 Å². The Hall–Kier alpha value is -3.73. The van der Waals surface area contributed by atoms with Crippen LogP contribution < -0.4 is 4.90 Å². The number of rotatable bonds is 5. The van der Waals surface area contributed by atoms with Gasteiger partial charge in [0.2, 0.25) is 0 Å². The van der Waals surface area contributed by atoms with Gasteiger partial charge in [0.05, 0.1) is 5.69 Å². The van der Waals surface area contributed by atoms with Crippen LogP contribution in [0.2, 0.25) is 0 Å². The molecular weight excluding hydrogens is 426 g/mol. The van der Waals surface area contributed by atoms with Crippen LogP contribution in [0.1, 0.15) is 51.7 Å². The first-order valence-corrected chi connectivity index (χ1v) is 11.5. The molecule has 0 aromatic heterocycles. The highest BCUT2D eigenvalue weighted by atomic mass is 16.6. The van der Waals surface area contributed by atoms with E-state index in [2.05, 4.69) is 0 Å². The van der Waals surface area contributed by atoms with Crippen LogP contribution in [0, 0.1) is 0 Å². The summed E-state index contributed by atoms with van der Waals surface area (Å²) in [5, 5.41) is 0. The monoisotopic (exact) mass is 455 g/mol. The Labute approximate surface area is 200 Å². The third-order valence-corrected chi connectivity index (χ3v) is 6.09. The lowest BCUT2D eigenvalue weighted by Crippen LogP contribution is -2.46. The number of hydrogen-bond donors (Lipinski definition) is 0. The second-order valence-corrected chi connectivity index (χ2v) is 9.69. The Morgan fingerprint density at radius 2 is 1.44 bits per heavy atom. The smallest absolute Gasteiger partial charge is 0.421 e. The van der Waals surface area contributed by atoms with Gasteiger partial charge in [0, 0.05) is 6.42 Å². The number of ether oxygens (including phenoxy) is 1. The van der Waals surface area contributed by atoms with Gasteiger partial charge in [0.25, 0.3) is 5.91 Å². The lowest BCUT2D eigenvalue weighted by atomic mass is 9.71. The number of carbonyl (C=O) groups excluding carboxylic acids is 3. The molecule has 1 atom stereocenters. The molecule has 0 fully saturated rings. The van der Waals surface area contributed by atoms with Crippen molar-refractivity contribution in [2.75, 3.05) is 4.90 Å². The third-order valence-electron chi connectivity index (χ3n) is 6.09. The number of fused-ring (bicyclic) bond motifs is 1. The maximum atomic E-state index is 14.1. The zero-order valence-corrected chi connectivity index (χ0v) is 20.0. The summed E-state index contributed by atoms with van der Waals surface area (Å²) in [6, 6.07) is 25.1. The molecule has 174 valence electrons. The topological polar surface area (TPSA) is 63.7 Å². The van der Waals surface area contributed by atoms with E-state index in [0.29, 0.717) is 11.3 Å². The number of hydrogen-bond acceptors (Lipinski definition) is 4. The Balaban J connectivity index is 1.85. The molecule has 1 aliphatic heterocycles. The number of Topliss-reactive ketones (excluding diaryl/α,β-unsaturated/α-hetero) is 1. The van der Waals surface area contributed by atoms with Gasteiger partial charge in [-0.15, -0.1) is 0 Å². The second-order valence-electron chi connectivity index (χ2n) is 9.69. The average Bonchev–Trinajstić information content (AvgIpc) is 3.06. The highest BCUT2D eigenvalue weighted by molar-refractivity contribution is 6.22. The van der Waals surface area contributed by atoms with Crippen molar-refractivity contribution in [2.24, 2.45) is 0 Å². The highest BCUT2D eigenvalue weighted by Crippen LogP contribution is 2.49. The molecule has 0 saturated carbocycles. The molecule has 3 aromatic rings. The summed E-state index contributed by atoms with van der Waals surface area (Å²) in [7, 11) is 0. The van der Waals surface area contributed by atoms with Crippen LogP contribution in [0.25, 0.3) is 11.1 Å². The molecule has 2 amide bonds. The second kappa shape index (κ2) is 8.90. The van der Waals surface area contributed by atoms with Gasteiger partial charge in [-0.3, -0.25) is 4.79 Å². The van der Waals surface area contributed by atoms with E-state index < -0.39 is 23.0 Å². The summed E-state index contributed by atoms with van der Waals surface area (Å²) in [5.74, 6) is -0.405. The minimum atomic E-state index is -1.16. The van der Waals surface area contributed by atoms with E-state index in [1.165, 1.54) is 6.92 Å². The van der Waals surface area contributed by atoms with Crippen molar-refractivity contribution in [1.29, 1.82) is 0 Å². The average molecular weight is 456 g/mol. The summed E-state index contributed by atoms with van der Waals surface area (Å²) < 4.78 is 5.58. The molecule has 0 saturated heterocycles. The van der Waals surface area contributed by atoms with Crippen LogP contribution in [0.3, 0.4) is 0 Å². The quantitative estimate of drug-likeness (QED) is 0.453. The van der Waals surface area contributed by atoms with Crippen LogP contribution in [-0.4, -0.2) is 23.4 Å². The number of carbonyl (C=O) groups is 3.